The molecule has 4 heteroatoms. The molecule has 100 valence electrons. The van der Waals surface area contributed by atoms with E-state index < -0.39 is 0 Å². The van der Waals surface area contributed by atoms with E-state index in [0.29, 0.717) is 12.1 Å². The Bertz CT molecular complexity index is 219. The van der Waals surface area contributed by atoms with E-state index in [9.17, 15) is 0 Å². The van der Waals surface area contributed by atoms with Crippen molar-refractivity contribution in [2.24, 2.45) is 5.92 Å². The Balaban J connectivity index is 1.82. The zero-order valence-corrected chi connectivity index (χ0v) is 11.2. The van der Waals surface area contributed by atoms with Crippen LogP contribution in [-0.2, 0) is 4.74 Å². The van der Waals surface area contributed by atoms with Gasteiger partial charge in [-0.05, 0) is 45.8 Å². The minimum absolute atomic E-state index is 0.536. The second-order valence-corrected chi connectivity index (χ2v) is 5.52. The van der Waals surface area contributed by atoms with Crippen molar-refractivity contribution in [3.8, 4) is 0 Å². The fourth-order valence-corrected chi connectivity index (χ4v) is 3.16. The van der Waals surface area contributed by atoms with Crippen LogP contribution in [0.25, 0.3) is 0 Å². The van der Waals surface area contributed by atoms with E-state index in [1.54, 1.807) is 0 Å². The van der Waals surface area contributed by atoms with Gasteiger partial charge in [0.1, 0.15) is 0 Å². The third kappa shape index (κ3) is 3.91. The van der Waals surface area contributed by atoms with Crippen LogP contribution in [0.2, 0.25) is 0 Å². The van der Waals surface area contributed by atoms with Crippen LogP contribution in [0.3, 0.4) is 0 Å². The Hall–Kier alpha value is -0.160. The van der Waals surface area contributed by atoms with Crippen LogP contribution >= 0.6 is 0 Å². The molecule has 0 bridgehead atoms. The SMILES string of the molecule is CNC(CC1COCCN1)C1CCCN(C)C1. The van der Waals surface area contributed by atoms with Crippen molar-refractivity contribution in [3.63, 3.8) is 0 Å². The maximum Gasteiger partial charge on any atom is 0.0620 e. The molecule has 0 aliphatic carbocycles. The number of morpholine rings is 1. The molecule has 0 aromatic carbocycles. The van der Waals surface area contributed by atoms with E-state index in [2.05, 4.69) is 29.6 Å². The van der Waals surface area contributed by atoms with Crippen molar-refractivity contribution >= 4 is 0 Å². The van der Waals surface area contributed by atoms with E-state index in [4.69, 9.17) is 4.74 Å². The number of nitrogens with one attached hydrogen (secondary N) is 2. The summed E-state index contributed by atoms with van der Waals surface area (Å²) < 4.78 is 5.54. The predicted octanol–water partition coefficient (Wildman–Crippen LogP) is 0.295. The van der Waals surface area contributed by atoms with Gasteiger partial charge in [0.25, 0.3) is 0 Å². The zero-order valence-electron chi connectivity index (χ0n) is 11.2. The third-order valence-corrected chi connectivity index (χ3v) is 4.14. The molecule has 0 spiro atoms. The van der Waals surface area contributed by atoms with Crippen molar-refractivity contribution in [2.45, 2.75) is 31.3 Å². The van der Waals surface area contributed by atoms with Crippen molar-refractivity contribution in [2.75, 3.05) is 46.9 Å². The van der Waals surface area contributed by atoms with Crippen LogP contribution in [-0.4, -0.2) is 63.9 Å². The number of ether oxygens (including phenoxy) is 1. The first kappa shape index (κ1) is 13.3. The van der Waals surface area contributed by atoms with Crippen molar-refractivity contribution in [1.82, 2.24) is 15.5 Å². The molecule has 0 radical (unpaired) electrons. The van der Waals surface area contributed by atoms with Crippen LogP contribution in [0.1, 0.15) is 19.3 Å². The number of rotatable bonds is 4. The Morgan fingerprint density at radius 2 is 2.41 bits per heavy atom. The van der Waals surface area contributed by atoms with Crippen LogP contribution in [0.5, 0.6) is 0 Å². The Labute approximate surface area is 105 Å². The molecule has 3 atom stereocenters. The Morgan fingerprint density at radius 3 is 3.06 bits per heavy atom. The fraction of sp³-hybridized carbons (Fsp3) is 1.00. The number of hydrogen-bond donors (Lipinski definition) is 2. The summed E-state index contributed by atoms with van der Waals surface area (Å²) in [5.41, 5.74) is 0. The molecule has 2 rings (SSSR count). The maximum absolute atomic E-state index is 5.54. The van der Waals surface area contributed by atoms with Crippen molar-refractivity contribution < 1.29 is 4.74 Å². The maximum atomic E-state index is 5.54. The topological polar surface area (TPSA) is 36.5 Å². The molecular weight excluding hydrogens is 214 g/mol. The van der Waals surface area contributed by atoms with Gasteiger partial charge >= 0.3 is 0 Å². The standard InChI is InChI=1S/C13H27N3O/c1-14-13(8-12-10-17-7-5-15-12)11-4-3-6-16(2)9-11/h11-15H,3-10H2,1-2H3. The summed E-state index contributed by atoms with van der Waals surface area (Å²) in [5.74, 6) is 0.794. The molecule has 2 aliphatic rings. The second kappa shape index (κ2) is 6.69. The summed E-state index contributed by atoms with van der Waals surface area (Å²) in [5, 5.41) is 7.07. The first-order valence-electron chi connectivity index (χ1n) is 6.96. The molecule has 2 fully saturated rings. The van der Waals surface area contributed by atoms with Gasteiger partial charge in [-0.1, -0.05) is 0 Å². The van der Waals surface area contributed by atoms with Gasteiger partial charge in [0.2, 0.25) is 0 Å². The summed E-state index contributed by atoms with van der Waals surface area (Å²) in [6, 6.07) is 1.16. The number of hydrogen-bond acceptors (Lipinski definition) is 4. The number of piperidine rings is 1. The lowest BCUT2D eigenvalue weighted by atomic mass is 9.87. The van der Waals surface area contributed by atoms with Crippen LogP contribution in [0.15, 0.2) is 0 Å². The minimum atomic E-state index is 0.536. The normalized spacial score (nSPS) is 33.5. The molecule has 0 aromatic heterocycles. The highest BCUT2D eigenvalue weighted by molar-refractivity contribution is 4.85. The molecule has 4 nitrogen and oxygen atoms in total. The van der Waals surface area contributed by atoms with Gasteiger partial charge < -0.3 is 20.3 Å². The van der Waals surface area contributed by atoms with Gasteiger partial charge in [-0.15, -0.1) is 0 Å². The van der Waals surface area contributed by atoms with Gasteiger partial charge in [0, 0.05) is 25.2 Å². The lowest BCUT2D eigenvalue weighted by molar-refractivity contribution is 0.0643. The van der Waals surface area contributed by atoms with Gasteiger partial charge in [0.05, 0.1) is 13.2 Å². The molecule has 0 saturated carbocycles. The molecular formula is C13H27N3O. The van der Waals surface area contributed by atoms with Gasteiger partial charge in [-0.2, -0.15) is 0 Å². The average Bonchev–Trinajstić information content (AvgIpc) is 2.37. The zero-order chi connectivity index (χ0) is 12.1. The molecule has 2 saturated heterocycles. The van der Waals surface area contributed by atoms with Gasteiger partial charge in [-0.3, -0.25) is 0 Å². The van der Waals surface area contributed by atoms with E-state index in [1.165, 1.54) is 32.4 Å². The van der Waals surface area contributed by atoms with E-state index in [1.807, 2.05) is 0 Å². The number of likely N-dealkylation sites (tertiary alicyclic amines) is 1. The molecule has 0 aromatic rings. The van der Waals surface area contributed by atoms with Crippen molar-refractivity contribution in [3.05, 3.63) is 0 Å². The van der Waals surface area contributed by atoms with Crippen LogP contribution in [0.4, 0.5) is 0 Å². The quantitative estimate of drug-likeness (QED) is 0.742. The largest absolute Gasteiger partial charge is 0.379 e. The lowest BCUT2D eigenvalue weighted by Gasteiger charge is -2.37. The highest BCUT2D eigenvalue weighted by atomic mass is 16.5. The summed E-state index contributed by atoms with van der Waals surface area (Å²) in [4.78, 5) is 2.46. The second-order valence-electron chi connectivity index (χ2n) is 5.52. The lowest BCUT2D eigenvalue weighted by Crippen LogP contribution is -2.49. The molecule has 0 amide bonds. The van der Waals surface area contributed by atoms with E-state index >= 15 is 0 Å². The third-order valence-electron chi connectivity index (χ3n) is 4.14. The van der Waals surface area contributed by atoms with Crippen LogP contribution < -0.4 is 10.6 Å². The fourth-order valence-electron chi connectivity index (χ4n) is 3.16. The molecule has 3 unspecified atom stereocenters. The highest BCUT2D eigenvalue weighted by Crippen LogP contribution is 2.21. The Kier molecular flexibility index (Phi) is 5.22. The summed E-state index contributed by atoms with van der Waals surface area (Å²) >= 11 is 0. The Morgan fingerprint density at radius 1 is 1.53 bits per heavy atom. The first-order valence-corrected chi connectivity index (χ1v) is 6.96. The summed E-state index contributed by atoms with van der Waals surface area (Å²) in [6.07, 6.45) is 3.90. The summed E-state index contributed by atoms with van der Waals surface area (Å²) in [7, 11) is 4.34. The number of nitrogens with zero attached hydrogens (tertiary/aromatic N) is 1. The van der Waals surface area contributed by atoms with E-state index in [0.717, 1.165) is 25.7 Å². The van der Waals surface area contributed by atoms with Crippen LogP contribution in [0, 0.1) is 5.92 Å². The van der Waals surface area contributed by atoms with E-state index in [-0.39, 0.29) is 0 Å². The molecule has 2 N–H and O–H groups in total. The molecule has 17 heavy (non-hydrogen) atoms. The first-order chi connectivity index (χ1) is 8.29. The smallest absolute Gasteiger partial charge is 0.0620 e. The van der Waals surface area contributed by atoms with Gasteiger partial charge in [-0.25, -0.2) is 0 Å². The molecule has 2 heterocycles. The molecule has 2 aliphatic heterocycles. The predicted molar refractivity (Wildman–Crippen MR) is 70.3 cm³/mol. The summed E-state index contributed by atoms with van der Waals surface area (Å²) in [6.45, 7) is 5.25. The average molecular weight is 241 g/mol. The minimum Gasteiger partial charge on any atom is -0.379 e. The van der Waals surface area contributed by atoms with Gasteiger partial charge in [0.15, 0.2) is 0 Å². The highest BCUT2D eigenvalue weighted by Gasteiger charge is 2.27. The monoisotopic (exact) mass is 241 g/mol. The van der Waals surface area contributed by atoms with Crippen molar-refractivity contribution in [1.29, 1.82) is 0 Å².